The van der Waals surface area contributed by atoms with E-state index in [4.69, 9.17) is 4.74 Å². The minimum Gasteiger partial charge on any atom is -0.497 e. The Morgan fingerprint density at radius 2 is 1.88 bits per heavy atom. The standard InChI is InChI=1S/C21H24N2O3/c1-16(17-7-4-3-5-8-17)13-20(24)22-11-12-23(21(25)15-22)18-9-6-10-19(14-18)26-2/h3-10,14,16H,11-13,15H2,1-2H3. The molecule has 1 unspecified atom stereocenters. The van der Waals surface area contributed by atoms with E-state index in [2.05, 4.69) is 0 Å². The summed E-state index contributed by atoms with van der Waals surface area (Å²) < 4.78 is 5.22. The first-order chi connectivity index (χ1) is 12.6. The fourth-order valence-electron chi connectivity index (χ4n) is 3.23. The van der Waals surface area contributed by atoms with Gasteiger partial charge in [0.2, 0.25) is 11.8 Å². The molecule has 0 bridgehead atoms. The van der Waals surface area contributed by atoms with Crippen LogP contribution in [0.25, 0.3) is 0 Å². The number of anilines is 1. The van der Waals surface area contributed by atoms with Crippen LogP contribution in [0.2, 0.25) is 0 Å². The molecule has 2 amide bonds. The van der Waals surface area contributed by atoms with Crippen molar-refractivity contribution < 1.29 is 14.3 Å². The summed E-state index contributed by atoms with van der Waals surface area (Å²) in [5.74, 6) is 0.811. The number of methoxy groups -OCH3 is 1. The quantitative estimate of drug-likeness (QED) is 0.831. The van der Waals surface area contributed by atoms with Crippen LogP contribution in [0.5, 0.6) is 5.75 Å². The Kier molecular flexibility index (Phi) is 5.56. The smallest absolute Gasteiger partial charge is 0.246 e. The summed E-state index contributed by atoms with van der Waals surface area (Å²) in [6.07, 6.45) is 0.413. The first-order valence-electron chi connectivity index (χ1n) is 8.85. The van der Waals surface area contributed by atoms with Crippen molar-refractivity contribution >= 4 is 17.5 Å². The van der Waals surface area contributed by atoms with Crippen LogP contribution in [-0.4, -0.2) is 43.5 Å². The van der Waals surface area contributed by atoms with Gasteiger partial charge in [-0.3, -0.25) is 9.59 Å². The van der Waals surface area contributed by atoms with Gasteiger partial charge in [-0.15, -0.1) is 0 Å². The number of piperazine rings is 1. The molecule has 1 aliphatic rings. The van der Waals surface area contributed by atoms with Gasteiger partial charge in [0.1, 0.15) is 12.3 Å². The van der Waals surface area contributed by atoms with Gasteiger partial charge in [0, 0.05) is 31.3 Å². The van der Waals surface area contributed by atoms with Crippen LogP contribution in [0.1, 0.15) is 24.8 Å². The van der Waals surface area contributed by atoms with E-state index in [1.54, 1.807) is 16.9 Å². The van der Waals surface area contributed by atoms with Gasteiger partial charge in [-0.1, -0.05) is 43.3 Å². The number of hydrogen-bond acceptors (Lipinski definition) is 3. The minimum atomic E-state index is -0.0646. The lowest BCUT2D eigenvalue weighted by atomic mass is 9.97. The highest BCUT2D eigenvalue weighted by Gasteiger charge is 2.28. The van der Waals surface area contributed by atoms with Crippen LogP contribution in [0.3, 0.4) is 0 Å². The third-order valence-corrected chi connectivity index (χ3v) is 4.79. The summed E-state index contributed by atoms with van der Waals surface area (Å²) in [6, 6.07) is 17.4. The van der Waals surface area contributed by atoms with Crippen molar-refractivity contribution in [3.05, 3.63) is 60.2 Å². The molecule has 1 heterocycles. The van der Waals surface area contributed by atoms with Crippen molar-refractivity contribution in [2.24, 2.45) is 0 Å². The molecule has 5 heteroatoms. The molecule has 0 aliphatic carbocycles. The Bertz CT molecular complexity index is 776. The number of rotatable bonds is 5. The van der Waals surface area contributed by atoms with Crippen LogP contribution in [0.15, 0.2) is 54.6 Å². The Hall–Kier alpha value is -2.82. The molecule has 1 atom stereocenters. The molecule has 136 valence electrons. The average Bonchev–Trinajstić information content (AvgIpc) is 2.68. The summed E-state index contributed by atoms with van der Waals surface area (Å²) in [4.78, 5) is 28.5. The lowest BCUT2D eigenvalue weighted by Crippen LogP contribution is -2.52. The van der Waals surface area contributed by atoms with Crippen molar-refractivity contribution in [2.45, 2.75) is 19.3 Å². The molecule has 0 N–H and O–H groups in total. The first-order valence-corrected chi connectivity index (χ1v) is 8.85. The normalized spacial score (nSPS) is 15.7. The maximum Gasteiger partial charge on any atom is 0.246 e. The van der Waals surface area contributed by atoms with Gasteiger partial charge in [0.05, 0.1) is 7.11 Å². The Morgan fingerprint density at radius 1 is 1.12 bits per heavy atom. The topological polar surface area (TPSA) is 49.9 Å². The molecule has 26 heavy (non-hydrogen) atoms. The summed E-state index contributed by atoms with van der Waals surface area (Å²) in [7, 11) is 1.60. The molecule has 1 aliphatic heterocycles. The van der Waals surface area contributed by atoms with E-state index in [9.17, 15) is 9.59 Å². The average molecular weight is 352 g/mol. The fraction of sp³-hybridized carbons (Fsp3) is 0.333. The second-order valence-corrected chi connectivity index (χ2v) is 6.58. The lowest BCUT2D eigenvalue weighted by molar-refractivity contribution is -0.137. The van der Waals surface area contributed by atoms with E-state index in [0.29, 0.717) is 25.3 Å². The van der Waals surface area contributed by atoms with Crippen molar-refractivity contribution in [1.29, 1.82) is 0 Å². The first kappa shape index (κ1) is 18.0. The van der Waals surface area contributed by atoms with Gasteiger partial charge in [0.25, 0.3) is 0 Å². The zero-order chi connectivity index (χ0) is 18.5. The van der Waals surface area contributed by atoms with E-state index in [1.165, 1.54) is 0 Å². The molecular formula is C21H24N2O3. The predicted octanol–water partition coefficient (Wildman–Crippen LogP) is 3.06. The lowest BCUT2D eigenvalue weighted by Gasteiger charge is -2.35. The van der Waals surface area contributed by atoms with Crippen molar-refractivity contribution in [3.8, 4) is 5.75 Å². The van der Waals surface area contributed by atoms with E-state index >= 15 is 0 Å². The zero-order valence-corrected chi connectivity index (χ0v) is 15.2. The SMILES string of the molecule is COc1cccc(N2CCN(C(=O)CC(C)c3ccccc3)CC2=O)c1. The van der Waals surface area contributed by atoms with Gasteiger partial charge in [-0.25, -0.2) is 0 Å². The van der Waals surface area contributed by atoms with Gasteiger partial charge in [-0.05, 0) is 23.6 Å². The highest BCUT2D eigenvalue weighted by Crippen LogP contribution is 2.24. The van der Waals surface area contributed by atoms with Gasteiger partial charge in [0.15, 0.2) is 0 Å². The number of benzene rings is 2. The van der Waals surface area contributed by atoms with Crippen LogP contribution < -0.4 is 9.64 Å². The monoisotopic (exact) mass is 352 g/mol. The molecule has 2 aromatic carbocycles. The highest BCUT2D eigenvalue weighted by atomic mass is 16.5. The van der Waals surface area contributed by atoms with Crippen LogP contribution in [0, 0.1) is 0 Å². The van der Waals surface area contributed by atoms with Crippen molar-refractivity contribution in [3.63, 3.8) is 0 Å². The highest BCUT2D eigenvalue weighted by molar-refractivity contribution is 5.98. The number of carbonyl (C=O) groups excluding carboxylic acids is 2. The Labute approximate surface area is 154 Å². The van der Waals surface area contributed by atoms with E-state index in [-0.39, 0.29) is 24.3 Å². The molecule has 2 aromatic rings. The van der Waals surface area contributed by atoms with Gasteiger partial charge < -0.3 is 14.5 Å². The molecule has 0 spiro atoms. The minimum absolute atomic E-state index is 0.0278. The summed E-state index contributed by atoms with van der Waals surface area (Å²) in [5, 5.41) is 0. The number of nitrogens with zero attached hydrogens (tertiary/aromatic N) is 2. The number of ether oxygens (including phenoxy) is 1. The molecule has 0 saturated carbocycles. The maximum atomic E-state index is 12.6. The number of carbonyl (C=O) groups is 2. The summed E-state index contributed by atoms with van der Waals surface area (Å²) >= 11 is 0. The predicted molar refractivity (Wildman–Crippen MR) is 101 cm³/mol. The van der Waals surface area contributed by atoms with Crippen molar-refractivity contribution in [2.75, 3.05) is 31.6 Å². The summed E-state index contributed by atoms with van der Waals surface area (Å²) in [6.45, 7) is 3.21. The number of amides is 2. The fourth-order valence-corrected chi connectivity index (χ4v) is 3.23. The largest absolute Gasteiger partial charge is 0.497 e. The van der Waals surface area contributed by atoms with Gasteiger partial charge in [-0.2, -0.15) is 0 Å². The zero-order valence-electron chi connectivity index (χ0n) is 15.2. The van der Waals surface area contributed by atoms with Crippen LogP contribution >= 0.6 is 0 Å². The van der Waals surface area contributed by atoms with E-state index in [0.717, 1.165) is 11.3 Å². The van der Waals surface area contributed by atoms with Crippen LogP contribution in [0.4, 0.5) is 5.69 Å². The second kappa shape index (κ2) is 8.04. The maximum absolute atomic E-state index is 12.6. The molecule has 1 fully saturated rings. The van der Waals surface area contributed by atoms with Crippen molar-refractivity contribution in [1.82, 2.24) is 4.90 Å². The molecule has 5 nitrogen and oxygen atoms in total. The Morgan fingerprint density at radius 3 is 2.58 bits per heavy atom. The summed E-state index contributed by atoms with van der Waals surface area (Å²) in [5.41, 5.74) is 1.95. The third kappa shape index (κ3) is 4.04. The second-order valence-electron chi connectivity index (χ2n) is 6.58. The van der Waals surface area contributed by atoms with E-state index < -0.39 is 0 Å². The van der Waals surface area contributed by atoms with Crippen LogP contribution in [-0.2, 0) is 9.59 Å². The molecule has 0 aromatic heterocycles. The molecule has 3 rings (SSSR count). The number of hydrogen-bond donors (Lipinski definition) is 0. The molecule has 0 radical (unpaired) electrons. The Balaban J connectivity index is 1.61. The van der Waals surface area contributed by atoms with Gasteiger partial charge >= 0.3 is 0 Å². The van der Waals surface area contributed by atoms with E-state index in [1.807, 2.05) is 61.5 Å². The molecular weight excluding hydrogens is 328 g/mol. The third-order valence-electron chi connectivity index (χ3n) is 4.79. The molecule has 1 saturated heterocycles.